The smallest absolute Gasteiger partial charge is 0.342 e. The first-order valence-corrected chi connectivity index (χ1v) is 7.67. The molecule has 0 amide bonds. The molecular formula is C16H14N2O3S. The number of hydrogen-bond donors (Lipinski definition) is 1. The predicted molar refractivity (Wildman–Crippen MR) is 85.5 cm³/mol. The summed E-state index contributed by atoms with van der Waals surface area (Å²) in [5.74, 6) is -0.724. The van der Waals surface area contributed by atoms with E-state index in [-0.39, 0.29) is 23.6 Å². The molecule has 0 saturated carbocycles. The molecule has 112 valence electrons. The van der Waals surface area contributed by atoms with Gasteiger partial charge in [0, 0.05) is 6.20 Å². The van der Waals surface area contributed by atoms with Gasteiger partial charge in [0.25, 0.3) is 0 Å². The summed E-state index contributed by atoms with van der Waals surface area (Å²) in [6.07, 6.45) is 1.72. The minimum Gasteiger partial charge on any atom is -0.462 e. The fourth-order valence-electron chi connectivity index (χ4n) is 2.40. The van der Waals surface area contributed by atoms with E-state index in [0.717, 1.165) is 0 Å². The third kappa shape index (κ3) is 2.17. The molecule has 0 aromatic carbocycles. The number of fused-ring (bicyclic) bond motifs is 1. The molecule has 5 nitrogen and oxygen atoms in total. The summed E-state index contributed by atoms with van der Waals surface area (Å²) in [5, 5.41) is 1.82. The van der Waals surface area contributed by atoms with Gasteiger partial charge < -0.3 is 14.9 Å². The fraction of sp³-hybridized carbons (Fsp3) is 0.125. The molecule has 22 heavy (non-hydrogen) atoms. The Morgan fingerprint density at radius 1 is 1.27 bits per heavy atom. The van der Waals surface area contributed by atoms with Crippen LogP contribution < -0.4 is 5.73 Å². The molecule has 0 radical (unpaired) electrons. The standard InChI is InChI=1S/C16H14N2O3S/c1-2-21-16(20)12-10-6-3-4-8-18(10)14(13(12)17)15(19)11-7-5-9-22-11/h3-9H,2,17H2,1H3. The summed E-state index contributed by atoms with van der Waals surface area (Å²) < 4.78 is 6.70. The molecule has 0 atom stereocenters. The van der Waals surface area contributed by atoms with Crippen molar-refractivity contribution in [1.82, 2.24) is 4.40 Å². The zero-order chi connectivity index (χ0) is 15.7. The number of ether oxygens (including phenoxy) is 1. The van der Waals surface area contributed by atoms with Crippen LogP contribution in [0.25, 0.3) is 5.52 Å². The number of anilines is 1. The first-order valence-electron chi connectivity index (χ1n) is 6.79. The lowest BCUT2D eigenvalue weighted by Gasteiger charge is -2.01. The highest BCUT2D eigenvalue weighted by atomic mass is 32.1. The maximum absolute atomic E-state index is 12.7. The Morgan fingerprint density at radius 2 is 2.09 bits per heavy atom. The van der Waals surface area contributed by atoms with Gasteiger partial charge in [-0.2, -0.15) is 0 Å². The lowest BCUT2D eigenvalue weighted by Crippen LogP contribution is -2.09. The number of nitrogen functional groups attached to an aromatic ring is 1. The van der Waals surface area contributed by atoms with Crippen LogP contribution in [0.5, 0.6) is 0 Å². The first kappa shape index (κ1) is 14.3. The van der Waals surface area contributed by atoms with E-state index < -0.39 is 5.97 Å². The van der Waals surface area contributed by atoms with Gasteiger partial charge in [-0.25, -0.2) is 4.79 Å². The zero-order valence-electron chi connectivity index (χ0n) is 11.9. The molecule has 0 unspecified atom stereocenters. The molecule has 3 heterocycles. The number of aromatic nitrogens is 1. The molecule has 0 fully saturated rings. The number of nitrogens with two attached hydrogens (primary N) is 1. The monoisotopic (exact) mass is 314 g/mol. The highest BCUT2D eigenvalue weighted by Crippen LogP contribution is 2.29. The number of ketones is 1. The summed E-state index contributed by atoms with van der Waals surface area (Å²) in [4.78, 5) is 25.4. The Balaban J connectivity index is 2.25. The average Bonchev–Trinajstić information content (AvgIpc) is 3.12. The van der Waals surface area contributed by atoms with Gasteiger partial charge in [0.1, 0.15) is 11.3 Å². The molecule has 0 saturated heterocycles. The highest BCUT2D eigenvalue weighted by Gasteiger charge is 2.27. The SMILES string of the molecule is CCOC(=O)c1c(N)c(C(=O)c2cccs2)n2ccccc12. The molecule has 0 spiro atoms. The van der Waals surface area contributed by atoms with E-state index in [1.54, 1.807) is 47.9 Å². The summed E-state index contributed by atoms with van der Waals surface area (Å²) in [5.41, 5.74) is 7.37. The molecular weight excluding hydrogens is 300 g/mol. The maximum atomic E-state index is 12.7. The lowest BCUT2D eigenvalue weighted by molar-refractivity contribution is 0.0530. The van der Waals surface area contributed by atoms with E-state index in [4.69, 9.17) is 10.5 Å². The lowest BCUT2D eigenvalue weighted by atomic mass is 10.1. The minimum atomic E-state index is -0.520. The third-order valence-corrected chi connectivity index (χ3v) is 4.19. The van der Waals surface area contributed by atoms with Crippen molar-refractivity contribution >= 4 is 34.3 Å². The second kappa shape index (κ2) is 5.65. The van der Waals surface area contributed by atoms with Crippen LogP contribution in [0, 0.1) is 0 Å². The molecule has 0 aliphatic carbocycles. The molecule has 3 aromatic heterocycles. The summed E-state index contributed by atoms with van der Waals surface area (Å²) >= 11 is 1.34. The molecule has 2 N–H and O–H groups in total. The second-order valence-corrected chi connectivity index (χ2v) is 5.57. The molecule has 3 rings (SSSR count). The van der Waals surface area contributed by atoms with Gasteiger partial charge >= 0.3 is 5.97 Å². The molecule has 0 bridgehead atoms. The molecule has 0 aliphatic rings. The third-order valence-electron chi connectivity index (χ3n) is 3.32. The maximum Gasteiger partial charge on any atom is 0.342 e. The highest BCUT2D eigenvalue weighted by molar-refractivity contribution is 7.12. The minimum absolute atomic E-state index is 0.156. The quantitative estimate of drug-likeness (QED) is 0.593. The van der Waals surface area contributed by atoms with Crippen molar-refractivity contribution in [3.63, 3.8) is 0 Å². The van der Waals surface area contributed by atoms with Gasteiger partial charge in [-0.05, 0) is 30.5 Å². The van der Waals surface area contributed by atoms with Crippen LogP contribution in [0.3, 0.4) is 0 Å². The van der Waals surface area contributed by atoms with Crippen LogP contribution in [0.1, 0.15) is 32.6 Å². The fourth-order valence-corrected chi connectivity index (χ4v) is 3.07. The van der Waals surface area contributed by atoms with Gasteiger partial charge in [0.2, 0.25) is 5.78 Å². The van der Waals surface area contributed by atoms with Gasteiger partial charge in [-0.1, -0.05) is 12.1 Å². The molecule has 3 aromatic rings. The van der Waals surface area contributed by atoms with Crippen molar-refractivity contribution in [3.8, 4) is 0 Å². The van der Waals surface area contributed by atoms with Crippen LogP contribution in [0.4, 0.5) is 5.69 Å². The van der Waals surface area contributed by atoms with Crippen LogP contribution >= 0.6 is 11.3 Å². The Hall–Kier alpha value is -2.60. The number of esters is 1. The largest absolute Gasteiger partial charge is 0.462 e. The predicted octanol–water partition coefficient (Wildman–Crippen LogP) is 2.99. The number of carbonyl (C=O) groups excluding carboxylic acids is 2. The number of pyridine rings is 1. The number of rotatable bonds is 4. The average molecular weight is 314 g/mol. The van der Waals surface area contributed by atoms with Crippen molar-refractivity contribution in [2.24, 2.45) is 0 Å². The zero-order valence-corrected chi connectivity index (χ0v) is 12.7. The van der Waals surface area contributed by atoms with E-state index in [1.165, 1.54) is 11.3 Å². The topological polar surface area (TPSA) is 73.8 Å². The van der Waals surface area contributed by atoms with Crippen LogP contribution in [0.15, 0.2) is 41.9 Å². The van der Waals surface area contributed by atoms with E-state index in [1.807, 2.05) is 5.38 Å². The molecule has 0 aliphatic heterocycles. The van der Waals surface area contributed by atoms with Gasteiger partial charge in [0.15, 0.2) is 0 Å². The normalized spacial score (nSPS) is 10.8. The van der Waals surface area contributed by atoms with Crippen molar-refractivity contribution < 1.29 is 14.3 Å². The first-order chi connectivity index (χ1) is 10.6. The van der Waals surface area contributed by atoms with E-state index in [0.29, 0.717) is 16.1 Å². The number of carbonyl (C=O) groups is 2. The molecule has 6 heteroatoms. The van der Waals surface area contributed by atoms with Crippen LogP contribution in [0.2, 0.25) is 0 Å². The van der Waals surface area contributed by atoms with Crippen molar-refractivity contribution in [2.75, 3.05) is 12.3 Å². The summed E-state index contributed by atoms with van der Waals surface area (Å²) in [7, 11) is 0. The van der Waals surface area contributed by atoms with Crippen molar-refractivity contribution in [2.45, 2.75) is 6.92 Å². The van der Waals surface area contributed by atoms with Crippen molar-refractivity contribution in [1.29, 1.82) is 0 Å². The second-order valence-electron chi connectivity index (χ2n) is 4.62. The van der Waals surface area contributed by atoms with Crippen LogP contribution in [-0.4, -0.2) is 22.8 Å². The summed E-state index contributed by atoms with van der Waals surface area (Å²) in [6.45, 7) is 1.97. The van der Waals surface area contributed by atoms with Gasteiger partial charge in [-0.15, -0.1) is 11.3 Å². The number of thiophene rings is 1. The van der Waals surface area contributed by atoms with Crippen LogP contribution in [-0.2, 0) is 4.74 Å². The number of hydrogen-bond acceptors (Lipinski definition) is 5. The van der Waals surface area contributed by atoms with E-state index in [9.17, 15) is 9.59 Å². The Labute approximate surface area is 130 Å². The van der Waals surface area contributed by atoms with Crippen molar-refractivity contribution in [3.05, 3.63) is 58.0 Å². The van der Waals surface area contributed by atoms with Gasteiger partial charge in [0.05, 0.1) is 22.7 Å². The summed E-state index contributed by atoms with van der Waals surface area (Å²) in [6, 6.07) is 8.85. The number of nitrogens with zero attached hydrogens (tertiary/aromatic N) is 1. The van der Waals surface area contributed by atoms with E-state index in [2.05, 4.69) is 0 Å². The van der Waals surface area contributed by atoms with E-state index >= 15 is 0 Å². The van der Waals surface area contributed by atoms with Gasteiger partial charge in [-0.3, -0.25) is 4.79 Å². The Bertz CT molecular complexity index is 850. The Kier molecular flexibility index (Phi) is 3.68. The Morgan fingerprint density at radius 3 is 2.77 bits per heavy atom.